The zero-order valence-electron chi connectivity index (χ0n) is 50.2. The van der Waals surface area contributed by atoms with Crippen LogP contribution in [0.3, 0.4) is 0 Å². The highest BCUT2D eigenvalue weighted by Crippen LogP contribution is 2.26. The van der Waals surface area contributed by atoms with Gasteiger partial charge in [0.25, 0.3) is 0 Å². The van der Waals surface area contributed by atoms with Crippen molar-refractivity contribution in [1.29, 1.82) is 0 Å². The third-order valence-corrected chi connectivity index (χ3v) is 13.2. The molecule has 0 aromatic rings. The average Bonchev–Trinajstić information content (AvgIpc) is 3.53. The summed E-state index contributed by atoms with van der Waals surface area (Å²) in [7, 11) is 0. The number of aliphatic hydroxyl groups excluding tert-OH is 2. The molecule has 12 nitrogen and oxygen atoms in total. The van der Waals surface area contributed by atoms with Crippen molar-refractivity contribution in [1.82, 2.24) is 0 Å². The van der Waals surface area contributed by atoms with Crippen LogP contribution < -0.4 is 0 Å². The van der Waals surface area contributed by atoms with Crippen molar-refractivity contribution in [3.63, 3.8) is 0 Å². The molecule has 1 saturated heterocycles. The molecule has 0 aliphatic carbocycles. The fraction of sp³-hybridized carbons (Fsp3) is 0.623. The van der Waals surface area contributed by atoms with Crippen molar-refractivity contribution >= 4 is 23.9 Å². The van der Waals surface area contributed by atoms with Gasteiger partial charge in [0.15, 0.2) is 24.6 Å². The Morgan fingerprint density at radius 3 is 1.14 bits per heavy atom. The average molecular weight is 1130 g/mol. The first-order valence-electron chi connectivity index (χ1n) is 31.2. The Balaban J connectivity index is 2.72. The molecular formula is C69H108O12. The van der Waals surface area contributed by atoms with Gasteiger partial charge >= 0.3 is 23.9 Å². The summed E-state index contributed by atoms with van der Waals surface area (Å²) in [6, 6.07) is 0. The lowest BCUT2D eigenvalue weighted by molar-refractivity contribution is -0.301. The standard InChI is InChI=1S/C69H108O12/c1-4-7-10-13-16-19-22-25-28-30-31-33-35-37-40-43-46-49-52-55-61(70)77-58-60(79-62(71)56-53-50-47-44-41-38-34-27-24-21-18-15-12-9-6-3)59-78-69-67(65(74)64(73)66(81-69)68(75)76)80-63(72)57-54-51-48-45-42-39-36-32-29-26-23-20-17-14-11-8-5-2/h7-12,16-21,25-29,31,33-34,37,40,60,64-67,69,73-74H,4-6,13-15,22-24,30,32,35-36,38-39,41-59H2,1-3H3,(H,75,76)/b10-7-,11-8-,12-9-,19-16-,20-17-,21-18-,28-25-,29-26-,33-31-,34-27-,40-37-. The number of carbonyl (C=O) groups excluding carboxylic acids is 3. The van der Waals surface area contributed by atoms with E-state index in [2.05, 4.69) is 154 Å². The van der Waals surface area contributed by atoms with Gasteiger partial charge in [-0.15, -0.1) is 0 Å². The largest absolute Gasteiger partial charge is 0.479 e. The van der Waals surface area contributed by atoms with Gasteiger partial charge in [0.1, 0.15) is 18.8 Å². The number of esters is 3. The molecule has 456 valence electrons. The van der Waals surface area contributed by atoms with E-state index in [1.165, 1.54) is 0 Å². The van der Waals surface area contributed by atoms with Crippen LogP contribution in [-0.2, 0) is 42.9 Å². The summed E-state index contributed by atoms with van der Waals surface area (Å²) in [6.45, 7) is 5.61. The smallest absolute Gasteiger partial charge is 0.335 e. The molecule has 1 heterocycles. The molecule has 0 saturated carbocycles. The molecule has 0 spiro atoms. The third-order valence-electron chi connectivity index (χ3n) is 13.2. The summed E-state index contributed by atoms with van der Waals surface area (Å²) < 4.78 is 28.4. The number of unbranched alkanes of at least 4 members (excludes halogenated alkanes) is 15. The molecular weight excluding hydrogens is 1020 g/mol. The van der Waals surface area contributed by atoms with Gasteiger partial charge in [-0.2, -0.15) is 0 Å². The molecule has 0 radical (unpaired) electrons. The number of carbonyl (C=O) groups is 4. The Labute approximate surface area is 490 Å². The summed E-state index contributed by atoms with van der Waals surface area (Å²) in [6.07, 6.45) is 65.5. The molecule has 3 N–H and O–H groups in total. The van der Waals surface area contributed by atoms with Crippen LogP contribution in [0.15, 0.2) is 134 Å². The molecule has 0 bridgehead atoms. The number of carboxylic acids is 1. The van der Waals surface area contributed by atoms with Crippen molar-refractivity contribution in [2.45, 2.75) is 263 Å². The van der Waals surface area contributed by atoms with Crippen molar-refractivity contribution < 1.29 is 58.2 Å². The van der Waals surface area contributed by atoms with E-state index in [4.69, 9.17) is 23.7 Å². The lowest BCUT2D eigenvalue weighted by Gasteiger charge is -2.40. The maximum Gasteiger partial charge on any atom is 0.335 e. The molecule has 0 aromatic carbocycles. The highest BCUT2D eigenvalue weighted by Gasteiger charge is 2.50. The Morgan fingerprint density at radius 1 is 0.407 bits per heavy atom. The van der Waals surface area contributed by atoms with E-state index in [0.29, 0.717) is 19.3 Å². The Morgan fingerprint density at radius 2 is 0.741 bits per heavy atom. The fourth-order valence-electron chi connectivity index (χ4n) is 8.54. The van der Waals surface area contributed by atoms with Gasteiger partial charge in [0, 0.05) is 19.3 Å². The number of rotatable bonds is 51. The van der Waals surface area contributed by atoms with Crippen LogP contribution in [0.2, 0.25) is 0 Å². The van der Waals surface area contributed by atoms with E-state index in [1.54, 1.807) is 0 Å². The molecule has 1 aliphatic rings. The van der Waals surface area contributed by atoms with E-state index in [1.807, 2.05) is 0 Å². The van der Waals surface area contributed by atoms with Crippen molar-refractivity contribution in [3.05, 3.63) is 134 Å². The molecule has 6 unspecified atom stereocenters. The molecule has 0 aromatic heterocycles. The van der Waals surface area contributed by atoms with Crippen molar-refractivity contribution in [3.8, 4) is 0 Å². The minimum atomic E-state index is -1.92. The van der Waals surface area contributed by atoms with Crippen LogP contribution in [0.1, 0.15) is 226 Å². The number of ether oxygens (including phenoxy) is 5. The third kappa shape index (κ3) is 45.1. The summed E-state index contributed by atoms with van der Waals surface area (Å²) in [4.78, 5) is 51.3. The van der Waals surface area contributed by atoms with E-state index in [0.717, 1.165) is 167 Å². The van der Waals surface area contributed by atoms with Crippen LogP contribution in [0.25, 0.3) is 0 Å². The maximum atomic E-state index is 13.2. The summed E-state index contributed by atoms with van der Waals surface area (Å²) in [5.41, 5.74) is 0. The Bertz CT molecular complexity index is 1920. The number of carboxylic acid groups (broad SMARTS) is 1. The first kappa shape index (κ1) is 73.9. The summed E-state index contributed by atoms with van der Waals surface area (Å²) >= 11 is 0. The number of allylic oxidation sites excluding steroid dienone is 22. The lowest BCUT2D eigenvalue weighted by atomic mass is 9.98. The van der Waals surface area contributed by atoms with Crippen LogP contribution in [-0.4, -0.2) is 89.2 Å². The molecule has 1 fully saturated rings. The first-order valence-corrected chi connectivity index (χ1v) is 31.2. The molecule has 12 heteroatoms. The second kappa shape index (κ2) is 55.4. The van der Waals surface area contributed by atoms with Gasteiger partial charge in [-0.25, -0.2) is 4.79 Å². The van der Waals surface area contributed by atoms with E-state index < -0.39 is 67.3 Å². The lowest BCUT2D eigenvalue weighted by Crippen LogP contribution is -2.61. The number of hydrogen-bond acceptors (Lipinski definition) is 11. The first-order chi connectivity index (χ1) is 39.6. The zero-order valence-corrected chi connectivity index (χ0v) is 50.2. The second-order valence-corrected chi connectivity index (χ2v) is 20.5. The Kier molecular flexibility index (Phi) is 50.5. The second-order valence-electron chi connectivity index (χ2n) is 20.5. The van der Waals surface area contributed by atoms with Gasteiger partial charge in [0.2, 0.25) is 0 Å². The van der Waals surface area contributed by atoms with Gasteiger partial charge < -0.3 is 39.0 Å². The maximum absolute atomic E-state index is 13.2. The predicted molar refractivity (Wildman–Crippen MR) is 330 cm³/mol. The molecule has 6 atom stereocenters. The van der Waals surface area contributed by atoms with Gasteiger partial charge in [0.05, 0.1) is 6.61 Å². The highest BCUT2D eigenvalue weighted by atomic mass is 16.7. The van der Waals surface area contributed by atoms with E-state index >= 15 is 0 Å². The normalized spacial score (nSPS) is 18.7. The number of aliphatic hydroxyl groups is 2. The van der Waals surface area contributed by atoms with E-state index in [9.17, 15) is 34.5 Å². The minimum absolute atomic E-state index is 0.0363. The molecule has 0 amide bonds. The highest BCUT2D eigenvalue weighted by molar-refractivity contribution is 5.74. The molecule has 81 heavy (non-hydrogen) atoms. The zero-order chi connectivity index (χ0) is 58.9. The van der Waals surface area contributed by atoms with Gasteiger partial charge in [-0.1, -0.05) is 212 Å². The molecule has 1 rings (SSSR count). The van der Waals surface area contributed by atoms with Crippen molar-refractivity contribution in [2.24, 2.45) is 0 Å². The quantitative estimate of drug-likeness (QED) is 0.0228. The predicted octanol–water partition coefficient (Wildman–Crippen LogP) is 16.6. The van der Waals surface area contributed by atoms with Crippen LogP contribution >= 0.6 is 0 Å². The monoisotopic (exact) mass is 1130 g/mol. The topological polar surface area (TPSA) is 175 Å². The number of hydrogen-bond donors (Lipinski definition) is 3. The van der Waals surface area contributed by atoms with Crippen LogP contribution in [0.4, 0.5) is 0 Å². The van der Waals surface area contributed by atoms with E-state index in [-0.39, 0.29) is 25.9 Å². The Hall–Kier alpha value is -5.14. The van der Waals surface area contributed by atoms with Crippen LogP contribution in [0, 0.1) is 0 Å². The minimum Gasteiger partial charge on any atom is -0.479 e. The summed E-state index contributed by atoms with van der Waals surface area (Å²) in [5.74, 6) is -3.22. The fourth-order valence-corrected chi connectivity index (χ4v) is 8.54. The SMILES string of the molecule is CC/C=C\C/C=C\C/C=C\C/C=C\C/C=C\CCCCCC(=O)OCC(COC1OC(C(=O)O)C(O)C(O)C1OC(=O)CCCCCCCCC/C=C\C/C=C\C/C=C\CC)OC(=O)CCCCCCC/C=C\C/C=C\C/C=C\CC. The van der Waals surface area contributed by atoms with Gasteiger partial charge in [-0.3, -0.25) is 14.4 Å². The van der Waals surface area contributed by atoms with Crippen LogP contribution in [0.5, 0.6) is 0 Å². The van der Waals surface area contributed by atoms with Crippen molar-refractivity contribution in [2.75, 3.05) is 13.2 Å². The summed E-state index contributed by atoms with van der Waals surface area (Å²) in [5, 5.41) is 31.6. The number of aliphatic carboxylic acids is 1. The molecule has 1 aliphatic heterocycles. The van der Waals surface area contributed by atoms with Gasteiger partial charge in [-0.05, 0) is 128 Å².